The normalized spacial score (nSPS) is 16.2. The molecule has 0 spiro atoms. The molecule has 2 nitrogen and oxygen atoms in total. The molecule has 0 aliphatic carbocycles. The van der Waals surface area contributed by atoms with E-state index < -0.39 is 18.2 Å². The summed E-state index contributed by atoms with van der Waals surface area (Å²) in [7, 11) is 0. The van der Waals surface area contributed by atoms with Gasteiger partial charge in [0.25, 0.3) is 0 Å². The van der Waals surface area contributed by atoms with Gasteiger partial charge in [-0.1, -0.05) is 13.8 Å². The fourth-order valence-corrected chi connectivity index (χ4v) is 1.54. The second-order valence-electron chi connectivity index (χ2n) is 5.31. The Kier molecular flexibility index (Phi) is 7.09. The Hall–Kier alpha value is -0.290. The molecule has 0 aliphatic rings. The van der Waals surface area contributed by atoms with Gasteiger partial charge in [-0.3, -0.25) is 0 Å². The topological polar surface area (TPSA) is 32.3 Å². The van der Waals surface area contributed by atoms with E-state index in [1.807, 2.05) is 0 Å². The van der Waals surface area contributed by atoms with Crippen LogP contribution in [0.25, 0.3) is 0 Å². The van der Waals surface area contributed by atoms with E-state index in [1.165, 1.54) is 0 Å². The number of hydrogen-bond acceptors (Lipinski definition) is 2. The minimum atomic E-state index is -4.12. The van der Waals surface area contributed by atoms with Gasteiger partial charge in [-0.2, -0.15) is 13.2 Å². The van der Waals surface area contributed by atoms with E-state index in [9.17, 15) is 18.3 Å². The van der Waals surface area contributed by atoms with Gasteiger partial charge in [0.05, 0.1) is 5.60 Å². The van der Waals surface area contributed by atoms with E-state index in [1.54, 1.807) is 6.92 Å². The van der Waals surface area contributed by atoms with Crippen LogP contribution in [0.2, 0.25) is 0 Å². The molecular formula is C12H24F3NO. The molecule has 0 amide bonds. The van der Waals surface area contributed by atoms with Crippen LogP contribution in [0.4, 0.5) is 13.2 Å². The fourth-order valence-electron chi connectivity index (χ4n) is 1.54. The smallest absolute Gasteiger partial charge is 0.389 e. The van der Waals surface area contributed by atoms with Crippen molar-refractivity contribution in [1.29, 1.82) is 0 Å². The van der Waals surface area contributed by atoms with Crippen molar-refractivity contribution in [2.45, 2.75) is 58.2 Å². The highest BCUT2D eigenvalue weighted by atomic mass is 19.4. The fraction of sp³-hybridized carbons (Fsp3) is 1.00. The molecule has 0 bridgehead atoms. The molecular weight excluding hydrogens is 231 g/mol. The Morgan fingerprint density at radius 3 is 2.18 bits per heavy atom. The highest BCUT2D eigenvalue weighted by molar-refractivity contribution is 4.74. The number of halogens is 3. The van der Waals surface area contributed by atoms with Crippen molar-refractivity contribution in [2.75, 3.05) is 13.1 Å². The summed E-state index contributed by atoms with van der Waals surface area (Å²) in [4.78, 5) is 0. The zero-order valence-corrected chi connectivity index (χ0v) is 10.9. The van der Waals surface area contributed by atoms with Crippen LogP contribution in [-0.4, -0.2) is 30.0 Å². The average Bonchev–Trinajstić information content (AvgIpc) is 2.09. The standard InChI is InChI=1S/C12H24F3NO/c1-10(2)9-16-8-7-11(3,17)5-4-6-12(13,14)15/h10,16-17H,4-9H2,1-3H3. The van der Waals surface area contributed by atoms with Crippen molar-refractivity contribution in [1.82, 2.24) is 5.32 Å². The van der Waals surface area contributed by atoms with Gasteiger partial charge in [-0.25, -0.2) is 0 Å². The first-order chi connectivity index (χ1) is 7.62. The van der Waals surface area contributed by atoms with E-state index >= 15 is 0 Å². The zero-order valence-electron chi connectivity index (χ0n) is 10.9. The zero-order chi connectivity index (χ0) is 13.5. The summed E-state index contributed by atoms with van der Waals surface area (Å²) in [6.07, 6.45) is -4.28. The molecule has 0 aliphatic heterocycles. The van der Waals surface area contributed by atoms with Gasteiger partial charge in [-0.15, -0.1) is 0 Å². The van der Waals surface area contributed by atoms with Gasteiger partial charge in [0.15, 0.2) is 0 Å². The molecule has 1 unspecified atom stereocenters. The molecule has 5 heteroatoms. The quantitative estimate of drug-likeness (QED) is 0.653. The summed E-state index contributed by atoms with van der Waals surface area (Å²) >= 11 is 0. The Morgan fingerprint density at radius 1 is 1.12 bits per heavy atom. The van der Waals surface area contributed by atoms with E-state index in [0.717, 1.165) is 6.54 Å². The van der Waals surface area contributed by atoms with E-state index in [2.05, 4.69) is 19.2 Å². The van der Waals surface area contributed by atoms with Gasteiger partial charge >= 0.3 is 6.18 Å². The van der Waals surface area contributed by atoms with Gasteiger partial charge in [0.1, 0.15) is 0 Å². The second-order valence-corrected chi connectivity index (χ2v) is 5.31. The summed E-state index contributed by atoms with van der Waals surface area (Å²) < 4.78 is 35.8. The summed E-state index contributed by atoms with van der Waals surface area (Å²) in [5, 5.41) is 13.0. The molecule has 1 atom stereocenters. The third-order valence-electron chi connectivity index (χ3n) is 2.57. The van der Waals surface area contributed by atoms with Crippen molar-refractivity contribution < 1.29 is 18.3 Å². The van der Waals surface area contributed by atoms with Crippen molar-refractivity contribution in [3.63, 3.8) is 0 Å². The van der Waals surface area contributed by atoms with Gasteiger partial charge in [0, 0.05) is 6.42 Å². The number of rotatable bonds is 8. The number of nitrogens with one attached hydrogen (secondary N) is 1. The third kappa shape index (κ3) is 12.0. The van der Waals surface area contributed by atoms with Gasteiger partial charge in [0.2, 0.25) is 0 Å². The van der Waals surface area contributed by atoms with Gasteiger partial charge in [-0.05, 0) is 45.2 Å². The van der Waals surface area contributed by atoms with Crippen LogP contribution >= 0.6 is 0 Å². The molecule has 0 saturated carbocycles. The first-order valence-corrected chi connectivity index (χ1v) is 6.12. The lowest BCUT2D eigenvalue weighted by Crippen LogP contribution is -2.31. The molecule has 2 N–H and O–H groups in total. The maximum atomic E-state index is 11.9. The summed E-state index contributed by atoms with van der Waals surface area (Å²) in [5.74, 6) is 0.533. The van der Waals surface area contributed by atoms with Crippen LogP contribution in [0.1, 0.15) is 46.5 Å². The first kappa shape index (κ1) is 16.7. The van der Waals surface area contributed by atoms with Crippen molar-refractivity contribution in [3.8, 4) is 0 Å². The van der Waals surface area contributed by atoms with Crippen LogP contribution < -0.4 is 5.32 Å². The number of aliphatic hydroxyl groups is 1. The molecule has 0 radical (unpaired) electrons. The van der Waals surface area contributed by atoms with Crippen LogP contribution in [-0.2, 0) is 0 Å². The molecule has 0 aromatic carbocycles. The lowest BCUT2D eigenvalue weighted by molar-refractivity contribution is -0.137. The lowest BCUT2D eigenvalue weighted by Gasteiger charge is -2.24. The summed E-state index contributed by atoms with van der Waals surface area (Å²) in [6.45, 7) is 7.25. The minimum Gasteiger partial charge on any atom is -0.390 e. The van der Waals surface area contributed by atoms with Gasteiger partial charge < -0.3 is 10.4 Å². The molecule has 0 heterocycles. The SMILES string of the molecule is CC(C)CNCCC(C)(O)CCCC(F)(F)F. The lowest BCUT2D eigenvalue weighted by atomic mass is 9.95. The monoisotopic (exact) mass is 255 g/mol. The molecule has 0 rings (SSSR count). The van der Waals surface area contributed by atoms with Crippen LogP contribution in [0.5, 0.6) is 0 Å². The molecule has 0 saturated heterocycles. The summed E-state index contributed by atoms with van der Waals surface area (Å²) in [5.41, 5.74) is -1.00. The predicted molar refractivity (Wildman–Crippen MR) is 62.9 cm³/mol. The maximum Gasteiger partial charge on any atom is 0.389 e. The highest BCUT2D eigenvalue weighted by Gasteiger charge is 2.28. The van der Waals surface area contributed by atoms with Crippen LogP contribution in [0.3, 0.4) is 0 Å². The Balaban J connectivity index is 3.65. The molecule has 104 valence electrons. The Morgan fingerprint density at radius 2 is 1.71 bits per heavy atom. The average molecular weight is 255 g/mol. The number of hydrogen-bond donors (Lipinski definition) is 2. The number of alkyl halides is 3. The van der Waals surface area contributed by atoms with E-state index in [0.29, 0.717) is 18.9 Å². The second kappa shape index (κ2) is 7.21. The first-order valence-electron chi connectivity index (χ1n) is 6.12. The van der Waals surface area contributed by atoms with Crippen LogP contribution in [0.15, 0.2) is 0 Å². The van der Waals surface area contributed by atoms with Crippen LogP contribution in [0, 0.1) is 5.92 Å². The largest absolute Gasteiger partial charge is 0.390 e. The van der Waals surface area contributed by atoms with Crippen molar-refractivity contribution in [2.24, 2.45) is 5.92 Å². The predicted octanol–water partition coefficient (Wildman–Crippen LogP) is 3.11. The Bertz CT molecular complexity index is 202. The third-order valence-corrected chi connectivity index (χ3v) is 2.57. The van der Waals surface area contributed by atoms with Crippen molar-refractivity contribution >= 4 is 0 Å². The van der Waals surface area contributed by atoms with E-state index in [-0.39, 0.29) is 12.8 Å². The maximum absolute atomic E-state index is 11.9. The molecule has 0 fully saturated rings. The highest BCUT2D eigenvalue weighted by Crippen LogP contribution is 2.25. The van der Waals surface area contributed by atoms with Crippen molar-refractivity contribution in [3.05, 3.63) is 0 Å². The molecule has 0 aromatic heterocycles. The minimum absolute atomic E-state index is 0.0132. The summed E-state index contributed by atoms with van der Waals surface area (Å²) in [6, 6.07) is 0. The molecule has 0 aromatic rings. The Labute approximate surface area is 102 Å². The molecule has 17 heavy (non-hydrogen) atoms. The van der Waals surface area contributed by atoms with E-state index in [4.69, 9.17) is 0 Å².